The van der Waals surface area contributed by atoms with Crippen LogP contribution in [-0.2, 0) is 19.0 Å². The van der Waals surface area contributed by atoms with Crippen LogP contribution in [0.4, 0.5) is 4.79 Å². The van der Waals surface area contributed by atoms with E-state index in [2.05, 4.69) is 5.32 Å². The molecular formula is C20H28Cl2N2O5. The van der Waals surface area contributed by atoms with Gasteiger partial charge in [0.25, 0.3) is 0 Å². The molecule has 1 heterocycles. The maximum atomic E-state index is 12.7. The van der Waals surface area contributed by atoms with E-state index in [0.29, 0.717) is 16.6 Å². The predicted molar refractivity (Wildman–Crippen MR) is 111 cm³/mol. The molecule has 2 amide bonds. The van der Waals surface area contributed by atoms with Crippen LogP contribution < -0.4 is 5.32 Å². The summed E-state index contributed by atoms with van der Waals surface area (Å²) in [7, 11) is 1.52. The highest BCUT2D eigenvalue weighted by Crippen LogP contribution is 2.37. The molecule has 0 aromatic heterocycles. The number of hydrogen-bond donors (Lipinski definition) is 1. The third-order valence-corrected chi connectivity index (χ3v) is 5.26. The van der Waals surface area contributed by atoms with Gasteiger partial charge in [-0.05, 0) is 38.5 Å². The lowest BCUT2D eigenvalue weighted by atomic mass is 9.89. The molecule has 0 bridgehead atoms. The van der Waals surface area contributed by atoms with Crippen molar-refractivity contribution in [1.82, 2.24) is 10.2 Å². The summed E-state index contributed by atoms with van der Waals surface area (Å²) in [6.07, 6.45) is -1.07. The minimum absolute atomic E-state index is 0.128. The molecule has 1 N–H and O–H groups in total. The van der Waals surface area contributed by atoms with Crippen LogP contribution in [0.5, 0.6) is 0 Å². The van der Waals surface area contributed by atoms with Gasteiger partial charge < -0.3 is 24.4 Å². The smallest absolute Gasteiger partial charge is 0.410 e. The van der Waals surface area contributed by atoms with Gasteiger partial charge in [-0.15, -0.1) is 0 Å². The number of carbonyl (C=O) groups excluding carboxylic acids is 2. The summed E-state index contributed by atoms with van der Waals surface area (Å²) >= 11 is 12.3. The number of halogens is 2. The van der Waals surface area contributed by atoms with E-state index < -0.39 is 23.4 Å². The van der Waals surface area contributed by atoms with Crippen molar-refractivity contribution in [1.29, 1.82) is 0 Å². The molecule has 1 aromatic rings. The Morgan fingerprint density at radius 1 is 1.31 bits per heavy atom. The number of carbonyl (C=O) groups is 2. The number of methoxy groups -OCH3 is 1. The summed E-state index contributed by atoms with van der Waals surface area (Å²) in [4.78, 5) is 25.9. The predicted octanol–water partition coefficient (Wildman–Crippen LogP) is 3.82. The van der Waals surface area contributed by atoms with E-state index in [1.165, 1.54) is 18.9 Å². The van der Waals surface area contributed by atoms with Gasteiger partial charge >= 0.3 is 6.09 Å². The number of nitrogens with one attached hydrogen (secondary N) is 1. The number of hydrogen-bond acceptors (Lipinski definition) is 5. The molecule has 2 atom stereocenters. The number of nitrogens with zero attached hydrogens (tertiary/aromatic N) is 1. The molecule has 9 heteroatoms. The number of benzene rings is 1. The molecule has 7 nitrogen and oxygen atoms in total. The van der Waals surface area contributed by atoms with Crippen molar-refractivity contribution in [2.45, 2.75) is 45.0 Å². The van der Waals surface area contributed by atoms with Gasteiger partial charge in [0.1, 0.15) is 17.3 Å². The van der Waals surface area contributed by atoms with Crippen molar-refractivity contribution in [3.63, 3.8) is 0 Å². The lowest BCUT2D eigenvalue weighted by Crippen LogP contribution is -2.56. The maximum Gasteiger partial charge on any atom is 0.410 e. The first-order chi connectivity index (χ1) is 13.5. The maximum absolute atomic E-state index is 12.7. The van der Waals surface area contributed by atoms with E-state index in [4.69, 9.17) is 37.4 Å². The van der Waals surface area contributed by atoms with Gasteiger partial charge in [0, 0.05) is 20.6 Å². The van der Waals surface area contributed by atoms with Crippen LogP contribution in [0.15, 0.2) is 18.2 Å². The van der Waals surface area contributed by atoms with Gasteiger partial charge in [0.2, 0.25) is 5.91 Å². The highest BCUT2D eigenvalue weighted by Gasteiger charge is 2.46. The summed E-state index contributed by atoms with van der Waals surface area (Å²) in [5.74, 6) is -0.220. The molecule has 29 heavy (non-hydrogen) atoms. The van der Waals surface area contributed by atoms with Crippen LogP contribution in [0, 0.1) is 0 Å². The topological polar surface area (TPSA) is 77.1 Å². The summed E-state index contributed by atoms with van der Waals surface area (Å²) in [5.41, 5.74) is -0.964. The lowest BCUT2D eigenvalue weighted by Gasteiger charge is -2.40. The molecule has 1 aliphatic rings. The van der Waals surface area contributed by atoms with Crippen LogP contribution in [0.1, 0.15) is 39.4 Å². The summed E-state index contributed by atoms with van der Waals surface area (Å²) in [6, 6.07) is 5.18. The third-order valence-electron chi connectivity index (χ3n) is 4.52. The summed E-state index contributed by atoms with van der Waals surface area (Å²) in [6.45, 7) is 7.69. The number of ether oxygens (including phenoxy) is 3. The fourth-order valence-electron chi connectivity index (χ4n) is 3.14. The Hall–Kier alpha value is -1.54. The lowest BCUT2D eigenvalue weighted by molar-refractivity contribution is -0.132. The zero-order valence-corrected chi connectivity index (χ0v) is 18.9. The molecule has 2 unspecified atom stereocenters. The molecule has 0 aliphatic carbocycles. The molecule has 1 saturated heterocycles. The van der Waals surface area contributed by atoms with Gasteiger partial charge in [0.05, 0.1) is 29.7 Å². The Morgan fingerprint density at radius 3 is 2.55 bits per heavy atom. The minimum atomic E-state index is -1.06. The normalized spacial score (nSPS) is 22.7. The first kappa shape index (κ1) is 23.7. The largest absolute Gasteiger partial charge is 0.444 e. The molecule has 162 valence electrons. The SMILES string of the molecule is COC1(CNC(C)=O)CN(C(=O)OC(C)(C)C)CCOC1c1ccc(Cl)c(Cl)c1. The molecule has 1 aliphatic heterocycles. The zero-order valence-electron chi connectivity index (χ0n) is 17.4. The van der Waals surface area contributed by atoms with E-state index >= 15 is 0 Å². The van der Waals surface area contributed by atoms with E-state index in [0.717, 1.165) is 5.56 Å². The van der Waals surface area contributed by atoms with Gasteiger partial charge in [-0.3, -0.25) is 4.79 Å². The van der Waals surface area contributed by atoms with E-state index in [-0.39, 0.29) is 25.6 Å². The first-order valence-corrected chi connectivity index (χ1v) is 10.1. The molecular weight excluding hydrogens is 419 g/mol. The molecule has 0 radical (unpaired) electrons. The summed E-state index contributed by atoms with van der Waals surface area (Å²) < 4.78 is 17.5. The van der Waals surface area contributed by atoms with Crippen LogP contribution >= 0.6 is 23.2 Å². The number of rotatable bonds is 4. The van der Waals surface area contributed by atoms with Crippen molar-refractivity contribution >= 4 is 35.2 Å². The quantitative estimate of drug-likeness (QED) is 0.760. The highest BCUT2D eigenvalue weighted by atomic mass is 35.5. The van der Waals surface area contributed by atoms with Gasteiger partial charge in [-0.25, -0.2) is 4.79 Å². The number of amides is 2. The van der Waals surface area contributed by atoms with Gasteiger partial charge in [-0.2, -0.15) is 0 Å². The van der Waals surface area contributed by atoms with Crippen molar-refractivity contribution in [3.8, 4) is 0 Å². The monoisotopic (exact) mass is 446 g/mol. The molecule has 2 rings (SSSR count). The van der Waals surface area contributed by atoms with E-state index in [1.54, 1.807) is 39.0 Å². The molecule has 0 spiro atoms. The van der Waals surface area contributed by atoms with Crippen molar-refractivity contribution < 1.29 is 23.8 Å². The highest BCUT2D eigenvalue weighted by molar-refractivity contribution is 6.42. The Bertz CT molecular complexity index is 753. The van der Waals surface area contributed by atoms with E-state index in [1.807, 2.05) is 0 Å². The second-order valence-corrected chi connectivity index (χ2v) is 8.82. The van der Waals surface area contributed by atoms with Crippen LogP contribution in [-0.4, -0.2) is 61.5 Å². The molecule has 1 aromatic carbocycles. The molecule has 1 fully saturated rings. The van der Waals surface area contributed by atoms with Crippen LogP contribution in [0.3, 0.4) is 0 Å². The fraction of sp³-hybridized carbons (Fsp3) is 0.600. The second-order valence-electron chi connectivity index (χ2n) is 8.00. The average Bonchev–Trinajstić information content (AvgIpc) is 2.81. The second kappa shape index (κ2) is 9.51. The van der Waals surface area contributed by atoms with Crippen molar-refractivity contribution in [3.05, 3.63) is 33.8 Å². The Balaban J connectivity index is 2.42. The fourth-order valence-corrected chi connectivity index (χ4v) is 3.45. The van der Waals surface area contributed by atoms with Crippen molar-refractivity contribution in [2.24, 2.45) is 0 Å². The van der Waals surface area contributed by atoms with Crippen LogP contribution in [0.2, 0.25) is 10.0 Å². The standard InChI is InChI=1S/C20H28Cl2N2O5/c1-13(25)23-11-20(27-5)12-24(18(26)29-19(2,3)4)8-9-28-17(20)14-6-7-15(21)16(22)10-14/h6-7,10,17H,8-9,11-12H2,1-5H3,(H,23,25). The van der Waals surface area contributed by atoms with Crippen molar-refractivity contribution in [2.75, 3.05) is 33.4 Å². The third kappa shape index (κ3) is 6.22. The average molecular weight is 447 g/mol. The summed E-state index contributed by atoms with van der Waals surface area (Å²) in [5, 5.41) is 3.59. The zero-order chi connectivity index (χ0) is 21.8. The Kier molecular flexibility index (Phi) is 7.79. The van der Waals surface area contributed by atoms with Gasteiger partial charge in [-0.1, -0.05) is 29.3 Å². The minimum Gasteiger partial charge on any atom is -0.444 e. The Labute approximate surface area is 181 Å². The van der Waals surface area contributed by atoms with Crippen LogP contribution in [0.25, 0.3) is 0 Å². The molecule has 0 saturated carbocycles. The first-order valence-electron chi connectivity index (χ1n) is 9.31. The van der Waals surface area contributed by atoms with E-state index in [9.17, 15) is 9.59 Å². The van der Waals surface area contributed by atoms with Gasteiger partial charge in [0.15, 0.2) is 0 Å². The Morgan fingerprint density at radius 2 is 2.00 bits per heavy atom.